The molecule has 2 aliphatic rings. The lowest BCUT2D eigenvalue weighted by molar-refractivity contribution is 0.0468. The first-order chi connectivity index (χ1) is 13.2. The molecule has 7 nitrogen and oxygen atoms in total. The number of hydrogen-bond acceptors (Lipinski definition) is 7. The predicted octanol–water partition coefficient (Wildman–Crippen LogP) is 2.08. The molecule has 4 rings (SSSR count). The fraction of sp³-hybridized carbons (Fsp3) is 0.579. The smallest absolute Gasteiger partial charge is 0.240 e. The second-order valence-electron chi connectivity index (χ2n) is 7.06. The van der Waals surface area contributed by atoms with Gasteiger partial charge in [0.15, 0.2) is 6.61 Å². The van der Waals surface area contributed by atoms with Gasteiger partial charge >= 0.3 is 0 Å². The Morgan fingerprint density at radius 2 is 1.89 bits per heavy atom. The molecule has 0 amide bonds. The summed E-state index contributed by atoms with van der Waals surface area (Å²) in [6.45, 7) is 6.84. The summed E-state index contributed by atoms with van der Waals surface area (Å²) in [6.07, 6.45) is 2.79. The van der Waals surface area contributed by atoms with Crippen LogP contribution in [0.2, 0.25) is 0 Å². The minimum Gasteiger partial charge on any atom is -0.485 e. The Morgan fingerprint density at radius 3 is 2.63 bits per heavy atom. The van der Waals surface area contributed by atoms with Crippen molar-refractivity contribution < 1.29 is 18.4 Å². The first-order valence-electron chi connectivity index (χ1n) is 9.51. The number of rotatable bonds is 7. The molecule has 0 spiro atoms. The van der Waals surface area contributed by atoms with Gasteiger partial charge in [0.05, 0.1) is 12.6 Å². The van der Waals surface area contributed by atoms with Crippen LogP contribution in [0.25, 0.3) is 0 Å². The maximum Gasteiger partial charge on any atom is 0.240 e. The molecule has 27 heavy (non-hydrogen) atoms. The number of halogens is 1. The molecule has 8 heteroatoms. The van der Waals surface area contributed by atoms with Gasteiger partial charge in [-0.1, -0.05) is 5.16 Å². The number of piperazine rings is 1. The third kappa shape index (κ3) is 5.24. The van der Waals surface area contributed by atoms with E-state index in [4.69, 9.17) is 14.0 Å². The molecule has 2 aliphatic heterocycles. The lowest BCUT2D eigenvalue weighted by atomic mass is 10.2. The zero-order valence-electron chi connectivity index (χ0n) is 15.3. The maximum absolute atomic E-state index is 12.9. The van der Waals surface area contributed by atoms with E-state index in [9.17, 15) is 4.39 Å². The van der Waals surface area contributed by atoms with E-state index in [1.54, 1.807) is 12.1 Å². The van der Waals surface area contributed by atoms with Crippen molar-refractivity contribution in [3.8, 4) is 5.75 Å². The Morgan fingerprint density at radius 1 is 1.11 bits per heavy atom. The van der Waals surface area contributed by atoms with E-state index < -0.39 is 0 Å². The molecule has 3 heterocycles. The first kappa shape index (κ1) is 18.3. The van der Waals surface area contributed by atoms with Crippen LogP contribution in [-0.2, 0) is 17.9 Å². The molecule has 0 N–H and O–H groups in total. The third-order valence-corrected chi connectivity index (χ3v) is 5.00. The molecule has 0 radical (unpaired) electrons. The number of hydrogen-bond donors (Lipinski definition) is 0. The van der Waals surface area contributed by atoms with Gasteiger partial charge in [-0.2, -0.15) is 4.98 Å². The van der Waals surface area contributed by atoms with Gasteiger partial charge in [-0.3, -0.25) is 9.80 Å². The molecule has 2 saturated heterocycles. The molecule has 1 unspecified atom stereocenters. The van der Waals surface area contributed by atoms with Gasteiger partial charge in [0.2, 0.25) is 11.7 Å². The summed E-state index contributed by atoms with van der Waals surface area (Å²) in [7, 11) is 0. The minimum absolute atomic E-state index is 0.199. The molecule has 1 aromatic carbocycles. The summed E-state index contributed by atoms with van der Waals surface area (Å²) in [5.41, 5.74) is 0. The number of ether oxygens (including phenoxy) is 2. The quantitative estimate of drug-likeness (QED) is 0.733. The molecule has 1 aromatic heterocycles. The predicted molar refractivity (Wildman–Crippen MR) is 95.7 cm³/mol. The lowest BCUT2D eigenvalue weighted by Gasteiger charge is -2.34. The van der Waals surface area contributed by atoms with Crippen molar-refractivity contribution in [2.75, 3.05) is 39.3 Å². The molecule has 0 bridgehead atoms. The summed E-state index contributed by atoms with van der Waals surface area (Å²) in [5, 5.41) is 3.96. The molecule has 0 saturated carbocycles. The number of aromatic nitrogens is 2. The standard InChI is InChI=1S/C19H25FN4O3/c20-15-3-5-16(6-4-15)26-14-18-21-19(27-22-18)13-24-9-7-23(8-10-24)12-17-2-1-11-25-17/h3-6,17H,1-2,7-14H2. The number of benzene rings is 1. The molecule has 2 fully saturated rings. The van der Waals surface area contributed by atoms with Gasteiger partial charge in [0, 0.05) is 39.3 Å². The van der Waals surface area contributed by atoms with E-state index in [0.717, 1.165) is 39.3 Å². The highest BCUT2D eigenvalue weighted by atomic mass is 19.1. The molecular formula is C19H25FN4O3. The highest BCUT2D eigenvalue weighted by Crippen LogP contribution is 2.16. The van der Waals surface area contributed by atoms with E-state index in [1.807, 2.05) is 0 Å². The van der Waals surface area contributed by atoms with Gasteiger partial charge in [-0.15, -0.1) is 0 Å². The highest BCUT2D eigenvalue weighted by Gasteiger charge is 2.23. The van der Waals surface area contributed by atoms with Crippen molar-refractivity contribution in [1.29, 1.82) is 0 Å². The van der Waals surface area contributed by atoms with Crippen LogP contribution in [0.5, 0.6) is 5.75 Å². The fourth-order valence-corrected chi connectivity index (χ4v) is 3.49. The average molecular weight is 376 g/mol. The summed E-state index contributed by atoms with van der Waals surface area (Å²) < 4.78 is 29.5. The van der Waals surface area contributed by atoms with Crippen LogP contribution in [0.1, 0.15) is 24.6 Å². The summed E-state index contributed by atoms with van der Waals surface area (Å²) >= 11 is 0. The molecule has 146 valence electrons. The second-order valence-corrected chi connectivity index (χ2v) is 7.06. The van der Waals surface area contributed by atoms with Crippen molar-refractivity contribution in [1.82, 2.24) is 19.9 Å². The largest absolute Gasteiger partial charge is 0.485 e. The zero-order chi connectivity index (χ0) is 18.5. The van der Waals surface area contributed by atoms with Gasteiger partial charge in [-0.25, -0.2) is 4.39 Å². The molecule has 1 atom stereocenters. The Hall–Kier alpha value is -2.03. The van der Waals surface area contributed by atoms with Crippen molar-refractivity contribution in [3.63, 3.8) is 0 Å². The summed E-state index contributed by atoms with van der Waals surface area (Å²) in [5.74, 6) is 1.37. The Bertz CT molecular complexity index is 710. The van der Waals surface area contributed by atoms with Gasteiger partial charge in [0.1, 0.15) is 11.6 Å². The lowest BCUT2D eigenvalue weighted by Crippen LogP contribution is -2.48. The van der Waals surface area contributed by atoms with Gasteiger partial charge in [-0.05, 0) is 37.1 Å². The average Bonchev–Trinajstić information content (AvgIpc) is 3.35. The van der Waals surface area contributed by atoms with Crippen molar-refractivity contribution in [2.24, 2.45) is 0 Å². The summed E-state index contributed by atoms with van der Waals surface area (Å²) in [4.78, 5) is 9.19. The van der Waals surface area contributed by atoms with Gasteiger partial charge in [0.25, 0.3) is 0 Å². The highest BCUT2D eigenvalue weighted by molar-refractivity contribution is 5.22. The normalized spacial score (nSPS) is 21.6. The van der Waals surface area contributed by atoms with Crippen LogP contribution in [0.3, 0.4) is 0 Å². The van der Waals surface area contributed by atoms with Crippen LogP contribution in [0.15, 0.2) is 28.8 Å². The van der Waals surface area contributed by atoms with E-state index in [2.05, 4.69) is 19.9 Å². The van der Waals surface area contributed by atoms with Crippen LogP contribution < -0.4 is 4.74 Å². The monoisotopic (exact) mass is 376 g/mol. The summed E-state index contributed by atoms with van der Waals surface area (Å²) in [6, 6.07) is 5.86. The van der Waals surface area contributed by atoms with Crippen molar-refractivity contribution >= 4 is 0 Å². The Kier molecular flexibility index (Phi) is 5.96. The maximum atomic E-state index is 12.9. The van der Waals surface area contributed by atoms with Crippen LogP contribution in [0.4, 0.5) is 4.39 Å². The Balaban J connectivity index is 1.19. The fourth-order valence-electron chi connectivity index (χ4n) is 3.49. The van der Waals surface area contributed by atoms with Crippen molar-refractivity contribution in [2.45, 2.75) is 32.1 Å². The molecular weight excluding hydrogens is 351 g/mol. The van der Waals surface area contributed by atoms with Crippen LogP contribution in [0, 0.1) is 5.82 Å². The Labute approximate surface area is 158 Å². The van der Waals surface area contributed by atoms with E-state index in [-0.39, 0.29) is 12.4 Å². The minimum atomic E-state index is -0.292. The van der Waals surface area contributed by atoms with E-state index in [1.165, 1.54) is 25.0 Å². The molecule has 0 aliphatic carbocycles. The SMILES string of the molecule is Fc1ccc(OCc2noc(CN3CCN(CC4CCCO4)CC3)n2)cc1. The van der Waals surface area contributed by atoms with E-state index in [0.29, 0.717) is 30.1 Å². The van der Waals surface area contributed by atoms with Gasteiger partial charge < -0.3 is 14.0 Å². The van der Waals surface area contributed by atoms with E-state index >= 15 is 0 Å². The second kappa shape index (κ2) is 8.77. The number of nitrogens with zero attached hydrogens (tertiary/aromatic N) is 4. The molecule has 2 aromatic rings. The zero-order valence-corrected chi connectivity index (χ0v) is 15.3. The first-order valence-corrected chi connectivity index (χ1v) is 9.51. The van der Waals surface area contributed by atoms with Crippen LogP contribution >= 0.6 is 0 Å². The topological polar surface area (TPSA) is 63.9 Å². The van der Waals surface area contributed by atoms with Crippen molar-refractivity contribution in [3.05, 3.63) is 41.8 Å². The third-order valence-electron chi connectivity index (χ3n) is 5.00. The van der Waals surface area contributed by atoms with Crippen LogP contribution in [-0.4, -0.2) is 65.4 Å².